The number of aromatic nitrogens is 1. The van der Waals surface area contributed by atoms with Gasteiger partial charge in [0.05, 0.1) is 0 Å². The smallest absolute Gasteiger partial charge is 0.296 e. The maximum absolute atomic E-state index is 11.9. The maximum Gasteiger partial charge on any atom is 0.296 e. The quantitative estimate of drug-likeness (QED) is 0.678. The van der Waals surface area contributed by atoms with Crippen molar-refractivity contribution in [3.63, 3.8) is 0 Å². The van der Waals surface area contributed by atoms with Crippen LogP contribution in [0, 0.1) is 6.92 Å². The zero-order valence-electron chi connectivity index (χ0n) is 11.2. The summed E-state index contributed by atoms with van der Waals surface area (Å²) in [7, 11) is 0. The molecule has 0 amide bonds. The van der Waals surface area contributed by atoms with E-state index in [0.29, 0.717) is 11.3 Å². The van der Waals surface area contributed by atoms with Gasteiger partial charge >= 0.3 is 0 Å². The minimum Gasteiger partial charge on any atom is -0.319 e. The Bertz CT molecular complexity index is 891. The van der Waals surface area contributed by atoms with Crippen LogP contribution in [0.1, 0.15) is 30.9 Å². The van der Waals surface area contributed by atoms with E-state index in [0.717, 1.165) is 21.9 Å². The fraction of sp³-hybridized carbons (Fsp3) is 0.250. The second-order valence-electron chi connectivity index (χ2n) is 5.36. The molecule has 1 heterocycles. The molecule has 0 aliphatic rings. The third kappa shape index (κ3) is 1.65. The summed E-state index contributed by atoms with van der Waals surface area (Å²) in [6, 6.07) is 7.84. The number of aryl methyl sites for hydroxylation is 1. The van der Waals surface area contributed by atoms with E-state index >= 15 is 0 Å². The second-order valence-corrected chi connectivity index (χ2v) is 5.36. The Labute approximate surface area is 110 Å². The Morgan fingerprint density at radius 2 is 1.79 bits per heavy atom. The predicted molar refractivity (Wildman–Crippen MR) is 78.4 cm³/mol. The van der Waals surface area contributed by atoms with Crippen LogP contribution >= 0.6 is 0 Å². The van der Waals surface area contributed by atoms with Crippen LogP contribution in [-0.2, 0) is 0 Å². The molecule has 0 spiro atoms. The molecule has 3 heteroatoms. The minimum atomic E-state index is -0.545. The van der Waals surface area contributed by atoms with Crippen molar-refractivity contribution in [3.8, 4) is 0 Å². The van der Waals surface area contributed by atoms with Crippen LogP contribution in [0.3, 0.4) is 0 Å². The average Bonchev–Trinajstić information content (AvgIpc) is 2.56. The Kier molecular flexibility index (Phi) is 2.45. The van der Waals surface area contributed by atoms with Gasteiger partial charge in [0.2, 0.25) is 0 Å². The number of H-pyrrole nitrogens is 1. The van der Waals surface area contributed by atoms with Gasteiger partial charge in [-0.15, -0.1) is 0 Å². The zero-order valence-corrected chi connectivity index (χ0v) is 11.2. The van der Waals surface area contributed by atoms with E-state index in [-0.39, 0.29) is 0 Å². The van der Waals surface area contributed by atoms with Crippen LogP contribution in [-0.4, -0.2) is 4.98 Å². The Hall–Kier alpha value is -2.16. The first-order chi connectivity index (χ1) is 8.99. The number of hydrogen-bond acceptors (Lipinski definition) is 2. The lowest BCUT2D eigenvalue weighted by atomic mass is 10.0. The molecule has 2 aromatic carbocycles. The molecule has 3 nitrogen and oxygen atoms in total. The molecule has 0 saturated heterocycles. The Balaban J connectivity index is 2.66. The van der Waals surface area contributed by atoms with Crippen LogP contribution in [0.2, 0.25) is 0 Å². The largest absolute Gasteiger partial charge is 0.319 e. The SMILES string of the molecule is Cc1cc2c(=O)c(=O)[nH]c3ccc(C(C)C)cc1c32. The highest BCUT2D eigenvalue weighted by Crippen LogP contribution is 2.29. The summed E-state index contributed by atoms with van der Waals surface area (Å²) >= 11 is 0. The predicted octanol–water partition coefficient (Wildman–Crippen LogP) is 2.91. The van der Waals surface area contributed by atoms with Crippen molar-refractivity contribution in [2.75, 3.05) is 0 Å². The summed E-state index contributed by atoms with van der Waals surface area (Å²) in [5.41, 5.74) is 1.98. The van der Waals surface area contributed by atoms with Gasteiger partial charge in [0.25, 0.3) is 11.0 Å². The number of hydrogen-bond donors (Lipinski definition) is 1. The lowest BCUT2D eigenvalue weighted by Crippen LogP contribution is -2.25. The van der Waals surface area contributed by atoms with Gasteiger partial charge in [-0.25, -0.2) is 0 Å². The summed E-state index contributed by atoms with van der Waals surface area (Å²) in [4.78, 5) is 26.3. The standard InChI is InChI=1S/C16H15NO2/c1-8(2)10-4-5-13-14-11(7-10)9(3)6-12(14)15(18)16(19)17-13/h4-8H,1-3H3,(H,17,19). The molecule has 1 N–H and O–H groups in total. The fourth-order valence-corrected chi connectivity index (χ4v) is 2.61. The summed E-state index contributed by atoms with van der Waals surface area (Å²) in [5.74, 6) is 0.397. The molecule has 0 unspecified atom stereocenters. The zero-order chi connectivity index (χ0) is 13.7. The topological polar surface area (TPSA) is 49.9 Å². The first-order valence-electron chi connectivity index (χ1n) is 6.42. The van der Waals surface area contributed by atoms with Crippen LogP contribution in [0.25, 0.3) is 21.7 Å². The van der Waals surface area contributed by atoms with Gasteiger partial charge in [0.15, 0.2) is 0 Å². The lowest BCUT2D eigenvalue weighted by Gasteiger charge is -2.00. The third-order valence-electron chi connectivity index (χ3n) is 3.71. The molecular weight excluding hydrogens is 238 g/mol. The second kappa shape index (κ2) is 3.92. The summed E-state index contributed by atoms with van der Waals surface area (Å²) in [5, 5.41) is 2.44. The lowest BCUT2D eigenvalue weighted by molar-refractivity contribution is 0.869. The molecular formula is C16H15NO2. The fourth-order valence-electron chi connectivity index (χ4n) is 2.61. The number of aromatic amines is 1. The maximum atomic E-state index is 11.9. The number of pyridine rings is 1. The molecule has 3 aromatic rings. The van der Waals surface area contributed by atoms with E-state index in [1.165, 1.54) is 5.56 Å². The van der Waals surface area contributed by atoms with Crippen LogP contribution in [0.15, 0.2) is 33.9 Å². The van der Waals surface area contributed by atoms with Gasteiger partial charge in [-0.1, -0.05) is 26.0 Å². The number of nitrogens with one attached hydrogen (secondary N) is 1. The van der Waals surface area contributed by atoms with Crippen molar-refractivity contribution in [1.29, 1.82) is 0 Å². The Morgan fingerprint density at radius 1 is 1.05 bits per heavy atom. The molecule has 0 aliphatic heterocycles. The molecule has 0 radical (unpaired) electrons. The first kappa shape index (κ1) is 11.9. The van der Waals surface area contributed by atoms with Crippen molar-refractivity contribution < 1.29 is 0 Å². The molecule has 3 rings (SSSR count). The van der Waals surface area contributed by atoms with Gasteiger partial charge < -0.3 is 4.98 Å². The molecule has 96 valence electrons. The van der Waals surface area contributed by atoms with E-state index in [4.69, 9.17) is 0 Å². The molecule has 19 heavy (non-hydrogen) atoms. The molecule has 1 aromatic heterocycles. The van der Waals surface area contributed by atoms with E-state index in [1.54, 1.807) is 0 Å². The van der Waals surface area contributed by atoms with Crippen molar-refractivity contribution in [2.45, 2.75) is 26.7 Å². The Morgan fingerprint density at radius 3 is 2.47 bits per heavy atom. The van der Waals surface area contributed by atoms with E-state index < -0.39 is 11.0 Å². The van der Waals surface area contributed by atoms with Gasteiger partial charge in [0, 0.05) is 16.3 Å². The van der Waals surface area contributed by atoms with E-state index in [1.807, 2.05) is 25.1 Å². The first-order valence-corrected chi connectivity index (χ1v) is 6.42. The highest BCUT2D eigenvalue weighted by Gasteiger charge is 2.13. The highest BCUT2D eigenvalue weighted by atomic mass is 16.2. The van der Waals surface area contributed by atoms with Gasteiger partial charge in [0.1, 0.15) is 0 Å². The monoisotopic (exact) mass is 253 g/mol. The molecule has 0 fully saturated rings. The van der Waals surface area contributed by atoms with Gasteiger partial charge in [-0.05, 0) is 41.5 Å². The van der Waals surface area contributed by atoms with Crippen molar-refractivity contribution in [2.24, 2.45) is 0 Å². The van der Waals surface area contributed by atoms with E-state index in [2.05, 4.69) is 24.9 Å². The van der Waals surface area contributed by atoms with Crippen LogP contribution < -0.4 is 11.0 Å². The van der Waals surface area contributed by atoms with E-state index in [9.17, 15) is 9.59 Å². The number of rotatable bonds is 1. The highest BCUT2D eigenvalue weighted by molar-refractivity contribution is 6.11. The van der Waals surface area contributed by atoms with Crippen molar-refractivity contribution in [3.05, 3.63) is 56.0 Å². The normalized spacial score (nSPS) is 11.8. The van der Waals surface area contributed by atoms with Gasteiger partial charge in [-0.3, -0.25) is 9.59 Å². The third-order valence-corrected chi connectivity index (χ3v) is 3.71. The molecule has 0 saturated carbocycles. The molecule has 0 atom stereocenters. The minimum absolute atomic E-state index is 0.397. The van der Waals surface area contributed by atoms with Crippen molar-refractivity contribution in [1.82, 2.24) is 4.98 Å². The molecule has 0 aliphatic carbocycles. The summed E-state index contributed by atoms with van der Waals surface area (Å²) < 4.78 is 0. The summed E-state index contributed by atoms with van der Waals surface area (Å²) in [6.07, 6.45) is 0. The average molecular weight is 253 g/mol. The van der Waals surface area contributed by atoms with Crippen molar-refractivity contribution >= 4 is 21.7 Å². The summed E-state index contributed by atoms with van der Waals surface area (Å²) in [6.45, 7) is 6.23. The van der Waals surface area contributed by atoms with Gasteiger partial charge in [-0.2, -0.15) is 0 Å². The molecule has 0 bridgehead atoms. The van der Waals surface area contributed by atoms with Crippen LogP contribution in [0.4, 0.5) is 0 Å². The van der Waals surface area contributed by atoms with Crippen LogP contribution in [0.5, 0.6) is 0 Å².